The molecule has 0 radical (unpaired) electrons. The average molecular weight is 1040 g/mol. The highest BCUT2D eigenvalue weighted by molar-refractivity contribution is 5.71. The fraction of sp³-hybridized carbons (Fsp3) is 0.667. The number of allylic oxidation sites excluding steroid dienone is 20. The number of unbranched alkanes of at least 4 members (excludes halogenated alkanes) is 24. The molecule has 0 aliphatic heterocycles. The third kappa shape index (κ3) is 60.6. The fourth-order valence-corrected chi connectivity index (χ4v) is 8.38. The molecule has 0 N–H and O–H groups in total. The van der Waals surface area contributed by atoms with Gasteiger partial charge in [0.25, 0.3) is 0 Å². The lowest BCUT2D eigenvalue weighted by atomic mass is 10.0. The van der Waals surface area contributed by atoms with E-state index in [0.717, 1.165) is 116 Å². The fourth-order valence-electron chi connectivity index (χ4n) is 8.38. The Hall–Kier alpha value is -4.19. The second kappa shape index (κ2) is 62.4. The van der Waals surface area contributed by atoms with Crippen molar-refractivity contribution >= 4 is 17.9 Å². The lowest BCUT2D eigenvalue weighted by Gasteiger charge is -2.18. The molecule has 0 amide bonds. The van der Waals surface area contributed by atoms with Crippen LogP contribution in [0.5, 0.6) is 0 Å². The largest absolute Gasteiger partial charge is 0.462 e. The normalized spacial score (nSPS) is 12.9. The van der Waals surface area contributed by atoms with Crippen LogP contribution in [0.4, 0.5) is 0 Å². The maximum Gasteiger partial charge on any atom is 0.306 e. The van der Waals surface area contributed by atoms with Crippen molar-refractivity contribution in [3.8, 4) is 0 Å². The summed E-state index contributed by atoms with van der Waals surface area (Å²) in [7, 11) is 0. The molecule has 0 aliphatic carbocycles. The Morgan fingerprint density at radius 1 is 0.280 bits per heavy atom. The summed E-state index contributed by atoms with van der Waals surface area (Å²) in [5, 5.41) is 0. The number of esters is 3. The molecule has 75 heavy (non-hydrogen) atoms. The summed E-state index contributed by atoms with van der Waals surface area (Å²) in [6, 6.07) is 0. The molecule has 0 saturated carbocycles. The number of hydrogen-bond donors (Lipinski definition) is 0. The molecule has 0 heterocycles. The van der Waals surface area contributed by atoms with Gasteiger partial charge >= 0.3 is 17.9 Å². The van der Waals surface area contributed by atoms with Gasteiger partial charge in [0.05, 0.1) is 0 Å². The van der Waals surface area contributed by atoms with E-state index in [4.69, 9.17) is 14.2 Å². The van der Waals surface area contributed by atoms with Gasteiger partial charge in [-0.2, -0.15) is 0 Å². The van der Waals surface area contributed by atoms with Crippen molar-refractivity contribution in [2.75, 3.05) is 13.2 Å². The monoisotopic (exact) mass is 1040 g/mol. The van der Waals surface area contributed by atoms with Crippen molar-refractivity contribution in [1.29, 1.82) is 0 Å². The van der Waals surface area contributed by atoms with Crippen molar-refractivity contribution in [2.45, 2.75) is 284 Å². The molecule has 6 heteroatoms. The number of rotatable bonds is 55. The van der Waals surface area contributed by atoms with Crippen LogP contribution in [0, 0.1) is 0 Å². The molecular weight excluding hydrogens is 925 g/mol. The van der Waals surface area contributed by atoms with Crippen molar-refractivity contribution < 1.29 is 28.6 Å². The first-order chi connectivity index (χ1) is 37.0. The molecule has 0 rings (SSSR count). The highest BCUT2D eigenvalue weighted by atomic mass is 16.6. The summed E-state index contributed by atoms with van der Waals surface area (Å²) in [5.41, 5.74) is 0. The first-order valence-corrected chi connectivity index (χ1v) is 31.0. The van der Waals surface area contributed by atoms with Gasteiger partial charge in [-0.05, 0) is 109 Å². The summed E-state index contributed by atoms with van der Waals surface area (Å²) in [6.45, 7) is 6.38. The van der Waals surface area contributed by atoms with E-state index in [1.165, 1.54) is 116 Å². The van der Waals surface area contributed by atoms with Gasteiger partial charge < -0.3 is 14.2 Å². The van der Waals surface area contributed by atoms with E-state index in [1.54, 1.807) is 0 Å². The predicted molar refractivity (Wildman–Crippen MR) is 325 cm³/mol. The van der Waals surface area contributed by atoms with Crippen LogP contribution in [0.15, 0.2) is 122 Å². The average Bonchev–Trinajstić information content (AvgIpc) is 3.41. The van der Waals surface area contributed by atoms with Gasteiger partial charge in [0.2, 0.25) is 0 Å². The molecule has 0 saturated heterocycles. The maximum absolute atomic E-state index is 12.9. The Balaban J connectivity index is 4.37. The van der Waals surface area contributed by atoms with E-state index in [0.29, 0.717) is 19.3 Å². The minimum absolute atomic E-state index is 0.0961. The minimum Gasteiger partial charge on any atom is -0.462 e. The van der Waals surface area contributed by atoms with Crippen LogP contribution in [-0.4, -0.2) is 37.2 Å². The second-order valence-corrected chi connectivity index (χ2v) is 20.2. The summed E-state index contributed by atoms with van der Waals surface area (Å²) in [5.74, 6) is -0.939. The molecule has 1 unspecified atom stereocenters. The first kappa shape index (κ1) is 70.8. The number of ether oxygens (including phenoxy) is 3. The number of carbonyl (C=O) groups is 3. The molecule has 6 nitrogen and oxygen atoms in total. The standard InChI is InChI=1S/C69H114O6/c1-4-7-10-13-16-19-22-24-26-28-30-32-33-34-35-37-38-40-42-44-47-50-53-56-59-62-68(71)74-65-66(64-73-67(70)61-58-55-52-49-46-21-18-15-12-9-6-3)75-69(72)63-60-57-54-51-48-45-43-41-39-36-31-29-27-25-23-20-17-14-11-8-5-2/h7-8,10-11,16-17,19-20,24-27,30-32,36,41,43,48,51,66H,4-6,9,12-15,18,21-23,28-29,33-35,37-40,42,44-47,49-50,52-65H2,1-3H3/b10-7-,11-8-,19-16-,20-17-,26-24-,27-25-,32-30-,36-31-,43-41-,51-48-. The maximum atomic E-state index is 12.9. The Labute approximate surface area is 462 Å². The Kier molecular flexibility index (Phi) is 58.9. The second-order valence-electron chi connectivity index (χ2n) is 20.2. The van der Waals surface area contributed by atoms with E-state index in [2.05, 4.69) is 142 Å². The molecule has 426 valence electrons. The van der Waals surface area contributed by atoms with Crippen molar-refractivity contribution in [2.24, 2.45) is 0 Å². The molecular formula is C69H114O6. The van der Waals surface area contributed by atoms with Gasteiger partial charge in [0.15, 0.2) is 6.10 Å². The third-order valence-corrected chi connectivity index (χ3v) is 13.0. The molecule has 0 fully saturated rings. The van der Waals surface area contributed by atoms with E-state index in [-0.39, 0.29) is 37.5 Å². The Bertz CT molecular complexity index is 1570. The highest BCUT2D eigenvalue weighted by Gasteiger charge is 2.19. The topological polar surface area (TPSA) is 78.9 Å². The van der Waals surface area contributed by atoms with E-state index in [9.17, 15) is 14.4 Å². The molecule has 0 bridgehead atoms. The molecule has 0 aromatic heterocycles. The van der Waals surface area contributed by atoms with Gasteiger partial charge in [-0.3, -0.25) is 14.4 Å². The van der Waals surface area contributed by atoms with Crippen LogP contribution < -0.4 is 0 Å². The highest BCUT2D eigenvalue weighted by Crippen LogP contribution is 2.16. The van der Waals surface area contributed by atoms with Crippen LogP contribution in [0.25, 0.3) is 0 Å². The molecule has 0 aliphatic rings. The number of carbonyl (C=O) groups excluding carboxylic acids is 3. The summed E-state index contributed by atoms with van der Waals surface area (Å²) in [4.78, 5) is 38.2. The van der Waals surface area contributed by atoms with Crippen LogP contribution >= 0.6 is 0 Å². The van der Waals surface area contributed by atoms with Crippen molar-refractivity contribution in [3.05, 3.63) is 122 Å². The van der Waals surface area contributed by atoms with Crippen LogP contribution in [0.3, 0.4) is 0 Å². The van der Waals surface area contributed by atoms with Gasteiger partial charge in [-0.15, -0.1) is 0 Å². The quantitative estimate of drug-likeness (QED) is 0.0261. The Morgan fingerprint density at radius 3 is 0.840 bits per heavy atom. The lowest BCUT2D eigenvalue weighted by molar-refractivity contribution is -0.167. The zero-order valence-electron chi connectivity index (χ0n) is 48.8. The SMILES string of the molecule is CC/C=C\C/C=C\C/C=C\C/C=C\C/C=C\C/C=C\CCCCC(=O)OC(COC(=O)CCCCCCCCCCCCC)COC(=O)CCCCCCCCCCCCCC/C=C\C/C=C\C/C=C\C/C=C\CC. The van der Waals surface area contributed by atoms with Gasteiger partial charge in [-0.1, -0.05) is 271 Å². The van der Waals surface area contributed by atoms with E-state index < -0.39 is 6.10 Å². The summed E-state index contributed by atoms with van der Waals surface area (Å²) in [6.07, 6.45) is 86.3. The predicted octanol–water partition coefficient (Wildman–Crippen LogP) is 21.2. The zero-order chi connectivity index (χ0) is 54.3. The molecule has 1 atom stereocenters. The van der Waals surface area contributed by atoms with Gasteiger partial charge in [0, 0.05) is 19.3 Å². The van der Waals surface area contributed by atoms with Crippen LogP contribution in [-0.2, 0) is 28.6 Å². The molecule has 0 aromatic carbocycles. The molecule has 0 spiro atoms. The molecule has 0 aromatic rings. The third-order valence-electron chi connectivity index (χ3n) is 13.0. The number of hydrogen-bond acceptors (Lipinski definition) is 6. The Morgan fingerprint density at radius 2 is 0.520 bits per heavy atom. The minimum atomic E-state index is -0.804. The first-order valence-electron chi connectivity index (χ1n) is 31.0. The van der Waals surface area contributed by atoms with E-state index >= 15 is 0 Å². The summed E-state index contributed by atoms with van der Waals surface area (Å²) < 4.78 is 16.9. The summed E-state index contributed by atoms with van der Waals surface area (Å²) >= 11 is 0. The van der Waals surface area contributed by atoms with Gasteiger partial charge in [0.1, 0.15) is 13.2 Å². The van der Waals surface area contributed by atoms with Crippen LogP contribution in [0.1, 0.15) is 278 Å². The van der Waals surface area contributed by atoms with E-state index in [1.807, 2.05) is 0 Å². The lowest BCUT2D eigenvalue weighted by Crippen LogP contribution is -2.30. The zero-order valence-corrected chi connectivity index (χ0v) is 48.8. The van der Waals surface area contributed by atoms with Crippen molar-refractivity contribution in [1.82, 2.24) is 0 Å². The smallest absolute Gasteiger partial charge is 0.306 e. The van der Waals surface area contributed by atoms with Gasteiger partial charge in [-0.25, -0.2) is 0 Å². The van der Waals surface area contributed by atoms with Crippen LogP contribution in [0.2, 0.25) is 0 Å². The van der Waals surface area contributed by atoms with Crippen molar-refractivity contribution in [3.63, 3.8) is 0 Å².